The lowest BCUT2D eigenvalue weighted by atomic mass is 10.1. The zero-order valence-corrected chi connectivity index (χ0v) is 10.7. The van der Waals surface area contributed by atoms with E-state index in [-0.39, 0.29) is 11.1 Å². The second-order valence-corrected chi connectivity index (χ2v) is 4.30. The smallest absolute Gasteiger partial charge is 0.335 e. The van der Waals surface area contributed by atoms with E-state index in [0.29, 0.717) is 11.3 Å². The topological polar surface area (TPSA) is 66.4 Å². The fourth-order valence-corrected chi connectivity index (χ4v) is 1.72. The molecule has 1 amide bonds. The van der Waals surface area contributed by atoms with E-state index >= 15 is 0 Å². The second-order valence-electron chi connectivity index (χ2n) is 4.30. The fourth-order valence-electron chi connectivity index (χ4n) is 1.72. The molecule has 0 spiro atoms. The molecule has 0 atom stereocenters. The van der Waals surface area contributed by atoms with E-state index in [1.807, 2.05) is 0 Å². The molecule has 0 saturated heterocycles. The number of aryl methyl sites for hydroxylation is 1. The maximum absolute atomic E-state index is 13.1. The number of anilines is 1. The third-order valence-corrected chi connectivity index (χ3v) is 2.82. The summed E-state index contributed by atoms with van der Waals surface area (Å²) >= 11 is 0. The van der Waals surface area contributed by atoms with Gasteiger partial charge in [-0.3, -0.25) is 4.79 Å². The minimum atomic E-state index is -1.11. The molecule has 5 heteroatoms. The summed E-state index contributed by atoms with van der Waals surface area (Å²) in [4.78, 5) is 22.9. The van der Waals surface area contributed by atoms with E-state index in [9.17, 15) is 14.0 Å². The number of nitrogens with one attached hydrogen (secondary N) is 1. The Bertz CT molecular complexity index is 683. The summed E-state index contributed by atoms with van der Waals surface area (Å²) < 4.78 is 13.1. The molecule has 102 valence electrons. The number of hydrogen-bond acceptors (Lipinski definition) is 2. The predicted octanol–water partition coefficient (Wildman–Crippen LogP) is 3.08. The number of halogens is 1. The van der Waals surface area contributed by atoms with Crippen LogP contribution in [0.2, 0.25) is 0 Å². The van der Waals surface area contributed by atoms with E-state index in [2.05, 4.69) is 5.32 Å². The molecule has 0 aromatic heterocycles. The average Bonchev–Trinajstić information content (AvgIpc) is 2.43. The van der Waals surface area contributed by atoms with Gasteiger partial charge in [0.2, 0.25) is 0 Å². The first kappa shape index (κ1) is 13.7. The van der Waals surface area contributed by atoms with Crippen molar-refractivity contribution in [3.8, 4) is 0 Å². The van der Waals surface area contributed by atoms with Crippen LogP contribution in [0.4, 0.5) is 10.1 Å². The molecule has 0 aliphatic carbocycles. The molecule has 0 bridgehead atoms. The molecule has 20 heavy (non-hydrogen) atoms. The number of carbonyl (C=O) groups is 2. The minimum absolute atomic E-state index is 0.0219. The van der Waals surface area contributed by atoms with E-state index in [4.69, 9.17) is 5.11 Å². The summed E-state index contributed by atoms with van der Waals surface area (Å²) in [6, 6.07) is 9.72. The summed E-state index contributed by atoms with van der Waals surface area (Å²) in [6.07, 6.45) is 0. The van der Waals surface area contributed by atoms with Crippen molar-refractivity contribution in [2.45, 2.75) is 6.92 Å². The van der Waals surface area contributed by atoms with Crippen LogP contribution >= 0.6 is 0 Å². The maximum Gasteiger partial charge on any atom is 0.335 e. The third kappa shape index (κ3) is 3.00. The Morgan fingerprint density at radius 2 is 1.80 bits per heavy atom. The van der Waals surface area contributed by atoms with Crippen LogP contribution in [0.3, 0.4) is 0 Å². The lowest BCUT2D eigenvalue weighted by Crippen LogP contribution is -2.13. The highest BCUT2D eigenvalue weighted by atomic mass is 19.1. The molecular weight excluding hydrogens is 261 g/mol. The van der Waals surface area contributed by atoms with Gasteiger partial charge in [0.25, 0.3) is 5.91 Å². The monoisotopic (exact) mass is 273 g/mol. The van der Waals surface area contributed by atoms with Gasteiger partial charge in [0.05, 0.1) is 5.56 Å². The summed E-state index contributed by atoms with van der Waals surface area (Å²) in [5.74, 6) is -2.05. The number of hydrogen-bond donors (Lipinski definition) is 2. The highest BCUT2D eigenvalue weighted by Crippen LogP contribution is 2.17. The molecule has 0 unspecified atom stereocenters. The Balaban J connectivity index is 2.26. The van der Waals surface area contributed by atoms with Gasteiger partial charge >= 0.3 is 5.97 Å². The van der Waals surface area contributed by atoms with Crippen LogP contribution in [0, 0.1) is 12.7 Å². The molecule has 2 rings (SSSR count). The number of amides is 1. The van der Waals surface area contributed by atoms with Crippen LogP contribution in [0.1, 0.15) is 26.3 Å². The Morgan fingerprint density at radius 3 is 2.50 bits per heavy atom. The molecule has 0 fully saturated rings. The predicted molar refractivity (Wildman–Crippen MR) is 72.5 cm³/mol. The zero-order chi connectivity index (χ0) is 14.7. The lowest BCUT2D eigenvalue weighted by molar-refractivity contribution is 0.0697. The van der Waals surface area contributed by atoms with Crippen molar-refractivity contribution in [3.63, 3.8) is 0 Å². The van der Waals surface area contributed by atoms with E-state index in [0.717, 1.165) is 0 Å². The van der Waals surface area contributed by atoms with Crippen LogP contribution in [-0.2, 0) is 0 Å². The molecule has 0 aliphatic rings. The highest BCUT2D eigenvalue weighted by Gasteiger charge is 2.11. The average molecular weight is 273 g/mol. The number of benzene rings is 2. The summed E-state index contributed by atoms with van der Waals surface area (Å²) in [6.45, 7) is 1.74. The number of carboxylic acids is 1. The Morgan fingerprint density at radius 1 is 1.10 bits per heavy atom. The first-order chi connectivity index (χ1) is 9.47. The molecule has 2 aromatic rings. The Labute approximate surface area is 114 Å². The number of carboxylic acid groups (broad SMARTS) is 1. The molecule has 0 saturated carbocycles. The van der Waals surface area contributed by atoms with Crippen molar-refractivity contribution in [2.75, 3.05) is 5.32 Å². The second kappa shape index (κ2) is 5.52. The van der Waals surface area contributed by atoms with Gasteiger partial charge in [0.15, 0.2) is 0 Å². The molecule has 0 heterocycles. The zero-order valence-electron chi connectivity index (χ0n) is 10.7. The Hall–Kier alpha value is -2.69. The quantitative estimate of drug-likeness (QED) is 0.903. The number of carbonyl (C=O) groups excluding carboxylic acids is 1. The summed E-state index contributed by atoms with van der Waals surface area (Å²) in [7, 11) is 0. The lowest BCUT2D eigenvalue weighted by Gasteiger charge is -2.08. The van der Waals surface area contributed by atoms with Crippen molar-refractivity contribution in [1.82, 2.24) is 0 Å². The van der Waals surface area contributed by atoms with Crippen molar-refractivity contribution in [1.29, 1.82) is 0 Å². The van der Waals surface area contributed by atoms with Gasteiger partial charge in [0, 0.05) is 11.3 Å². The van der Waals surface area contributed by atoms with Crippen molar-refractivity contribution >= 4 is 17.6 Å². The van der Waals surface area contributed by atoms with Crippen molar-refractivity contribution < 1.29 is 19.1 Å². The van der Waals surface area contributed by atoms with E-state index in [1.54, 1.807) is 13.0 Å². The van der Waals surface area contributed by atoms with Gasteiger partial charge in [0.1, 0.15) is 5.82 Å². The molecule has 2 aromatic carbocycles. The number of rotatable bonds is 3. The van der Waals surface area contributed by atoms with Crippen molar-refractivity contribution in [3.05, 3.63) is 65.0 Å². The number of aromatic carboxylic acids is 1. The molecule has 2 N–H and O–H groups in total. The maximum atomic E-state index is 13.1. The molecular formula is C15H12FNO3. The van der Waals surface area contributed by atoms with Gasteiger partial charge in [-0.15, -0.1) is 0 Å². The molecule has 0 radical (unpaired) electrons. The minimum Gasteiger partial charge on any atom is -0.478 e. The van der Waals surface area contributed by atoms with Crippen LogP contribution in [0.5, 0.6) is 0 Å². The summed E-state index contributed by atoms with van der Waals surface area (Å²) in [5.41, 5.74) is 1.30. The molecule has 0 aliphatic heterocycles. The van der Waals surface area contributed by atoms with Gasteiger partial charge in [-0.25, -0.2) is 9.18 Å². The standard InChI is InChI=1S/C15H12FNO3/c1-9-5-6-12(16)8-13(9)17-14(18)10-3-2-4-11(7-10)15(19)20/h2-8H,1H3,(H,17,18)(H,19,20). The first-order valence-corrected chi connectivity index (χ1v) is 5.88. The highest BCUT2D eigenvalue weighted by molar-refractivity contribution is 6.05. The van der Waals surface area contributed by atoms with Crippen LogP contribution in [0.25, 0.3) is 0 Å². The SMILES string of the molecule is Cc1ccc(F)cc1NC(=O)c1cccc(C(=O)O)c1. The Kier molecular flexibility index (Phi) is 3.79. The normalized spacial score (nSPS) is 10.1. The molecule has 4 nitrogen and oxygen atoms in total. The third-order valence-electron chi connectivity index (χ3n) is 2.82. The fraction of sp³-hybridized carbons (Fsp3) is 0.0667. The van der Waals surface area contributed by atoms with E-state index in [1.165, 1.54) is 36.4 Å². The van der Waals surface area contributed by atoms with Gasteiger partial charge in [-0.05, 0) is 42.8 Å². The van der Waals surface area contributed by atoms with Crippen molar-refractivity contribution in [2.24, 2.45) is 0 Å². The van der Waals surface area contributed by atoms with Crippen LogP contribution in [-0.4, -0.2) is 17.0 Å². The summed E-state index contributed by atoms with van der Waals surface area (Å²) in [5, 5.41) is 11.4. The van der Waals surface area contributed by atoms with Crippen LogP contribution in [0.15, 0.2) is 42.5 Å². The van der Waals surface area contributed by atoms with E-state index < -0.39 is 17.7 Å². The largest absolute Gasteiger partial charge is 0.478 e. The van der Waals surface area contributed by atoms with Gasteiger partial charge in [-0.2, -0.15) is 0 Å². The van der Waals surface area contributed by atoms with Crippen LogP contribution < -0.4 is 5.32 Å². The van der Waals surface area contributed by atoms with Gasteiger partial charge < -0.3 is 10.4 Å². The van der Waals surface area contributed by atoms with Gasteiger partial charge in [-0.1, -0.05) is 12.1 Å². The first-order valence-electron chi connectivity index (χ1n) is 5.88.